The summed E-state index contributed by atoms with van der Waals surface area (Å²) in [5.74, 6) is -2.99. The Kier molecular flexibility index (Phi) is 6.74. The molecule has 10 heteroatoms. The topological polar surface area (TPSA) is 33.5 Å². The molecule has 1 spiro atoms. The molecule has 1 aromatic carbocycles. The average Bonchev–Trinajstić information content (AvgIpc) is 3.36. The predicted octanol–water partition coefficient (Wildman–Crippen LogP) is 6.22. The van der Waals surface area contributed by atoms with Gasteiger partial charge in [0.1, 0.15) is 12.2 Å². The summed E-state index contributed by atoms with van der Waals surface area (Å²) in [6, 6.07) is 7.33. The number of aromatic nitrogens is 2. The maximum atomic E-state index is 14.4. The number of para-hydroxylation sites is 1. The molecule has 4 heterocycles. The molecule has 0 bridgehead atoms. The Balaban J connectivity index is 1.33. The summed E-state index contributed by atoms with van der Waals surface area (Å²) in [7, 11) is 4.05. The van der Waals surface area contributed by atoms with Gasteiger partial charge in [-0.3, -0.25) is 4.90 Å². The van der Waals surface area contributed by atoms with Crippen molar-refractivity contribution in [1.82, 2.24) is 19.6 Å². The molecule has 5 nitrogen and oxygen atoms in total. The van der Waals surface area contributed by atoms with E-state index in [2.05, 4.69) is 22.1 Å². The molecule has 35 heavy (non-hydrogen) atoms. The maximum absolute atomic E-state index is 14.4. The summed E-state index contributed by atoms with van der Waals surface area (Å²) in [5.41, 5.74) is 3.43. The van der Waals surface area contributed by atoms with Gasteiger partial charge in [0.05, 0.1) is 20.7 Å². The van der Waals surface area contributed by atoms with Gasteiger partial charge in [0, 0.05) is 48.4 Å². The van der Waals surface area contributed by atoms with Gasteiger partial charge in [-0.15, -0.1) is 11.3 Å². The molecule has 0 saturated carbocycles. The Bertz CT molecular complexity index is 1230. The number of fused-ring (bicyclic) bond motifs is 2. The van der Waals surface area contributed by atoms with Crippen LogP contribution in [0.2, 0.25) is 9.36 Å². The normalized spacial score (nSPS) is 19.4. The van der Waals surface area contributed by atoms with Crippen LogP contribution in [0.4, 0.5) is 8.78 Å². The van der Waals surface area contributed by atoms with E-state index in [0.29, 0.717) is 27.1 Å². The number of likely N-dealkylation sites (tertiary alicyclic amines) is 1. The smallest absolute Gasteiger partial charge is 0.297 e. The number of alkyl halides is 2. The summed E-state index contributed by atoms with van der Waals surface area (Å²) in [4.78, 5) is 5.03. The number of nitrogens with zero attached hydrogens (tertiary/aromatic N) is 4. The van der Waals surface area contributed by atoms with E-state index in [1.807, 2.05) is 37.8 Å². The maximum Gasteiger partial charge on any atom is 0.297 e. The van der Waals surface area contributed by atoms with E-state index in [9.17, 15) is 8.78 Å². The molecule has 0 N–H and O–H groups in total. The first kappa shape index (κ1) is 25.1. The van der Waals surface area contributed by atoms with Crippen LogP contribution >= 0.6 is 34.5 Å². The monoisotopic (exact) mass is 540 g/mol. The standard InChI is InChI=1S/C25H28Cl2F2N4OS/c1-16-18(14-33(30-16)22-17(12-31(2)3)5-4-6-20(22)26)13-32-9-7-24(8-10-32)23-19(11-21(27)35-23)25(28,29)15-34-24/h4-6,11,14H,7-10,12-13,15H2,1-3H3. The van der Waals surface area contributed by atoms with Crippen LogP contribution in [0, 0.1) is 6.92 Å². The zero-order valence-electron chi connectivity index (χ0n) is 20.0. The Labute approximate surface area is 218 Å². The number of piperidine rings is 1. The summed E-state index contributed by atoms with van der Waals surface area (Å²) in [6.07, 6.45) is 3.35. The second-order valence-corrected chi connectivity index (χ2v) is 11.8. The van der Waals surface area contributed by atoms with Gasteiger partial charge in [-0.2, -0.15) is 13.9 Å². The molecule has 5 rings (SSSR count). The van der Waals surface area contributed by atoms with Crippen molar-refractivity contribution in [2.45, 2.75) is 44.4 Å². The molecule has 1 fully saturated rings. The molecule has 1 saturated heterocycles. The third kappa shape index (κ3) is 4.77. The number of hydrogen-bond donors (Lipinski definition) is 0. The summed E-state index contributed by atoms with van der Waals surface area (Å²) in [6.45, 7) is 4.37. The lowest BCUT2D eigenvalue weighted by Gasteiger charge is -2.45. The Morgan fingerprint density at radius 1 is 1.17 bits per heavy atom. The van der Waals surface area contributed by atoms with Crippen LogP contribution < -0.4 is 0 Å². The molecule has 0 atom stereocenters. The largest absolute Gasteiger partial charge is 0.363 e. The number of thiophene rings is 1. The van der Waals surface area contributed by atoms with Gasteiger partial charge < -0.3 is 9.64 Å². The van der Waals surface area contributed by atoms with E-state index in [1.165, 1.54) is 17.4 Å². The van der Waals surface area contributed by atoms with Crippen LogP contribution in [0.5, 0.6) is 0 Å². The first-order valence-electron chi connectivity index (χ1n) is 11.6. The number of aryl methyl sites for hydroxylation is 1. The van der Waals surface area contributed by atoms with Crippen molar-refractivity contribution in [1.29, 1.82) is 0 Å². The molecule has 0 aliphatic carbocycles. The fourth-order valence-electron chi connectivity index (χ4n) is 5.08. The van der Waals surface area contributed by atoms with Crippen molar-refractivity contribution in [2.24, 2.45) is 0 Å². The molecule has 2 aliphatic heterocycles. The van der Waals surface area contributed by atoms with Crippen LogP contribution in [0.3, 0.4) is 0 Å². The highest BCUT2D eigenvalue weighted by molar-refractivity contribution is 7.16. The molecule has 2 aliphatic rings. The number of halogens is 4. The lowest BCUT2D eigenvalue weighted by molar-refractivity contribution is -0.182. The zero-order valence-corrected chi connectivity index (χ0v) is 22.3. The van der Waals surface area contributed by atoms with E-state index < -0.39 is 18.1 Å². The predicted molar refractivity (Wildman–Crippen MR) is 136 cm³/mol. The van der Waals surface area contributed by atoms with E-state index in [-0.39, 0.29) is 5.56 Å². The van der Waals surface area contributed by atoms with Gasteiger partial charge in [-0.05, 0) is 51.6 Å². The molecular formula is C25H28Cl2F2N4OS. The SMILES string of the molecule is Cc1nn(-c2c(Cl)cccc2CN(C)C)cc1CN1CCC2(CC1)OCC(F)(F)c1cc(Cl)sc12. The van der Waals surface area contributed by atoms with Crippen LogP contribution in [0.1, 0.15) is 40.1 Å². The minimum atomic E-state index is -2.99. The minimum absolute atomic E-state index is 0.0394. The van der Waals surface area contributed by atoms with E-state index in [1.54, 1.807) is 0 Å². The van der Waals surface area contributed by atoms with E-state index in [4.69, 9.17) is 33.0 Å². The molecular weight excluding hydrogens is 513 g/mol. The molecule has 0 amide bonds. The van der Waals surface area contributed by atoms with Crippen LogP contribution in [-0.4, -0.2) is 53.4 Å². The quantitative estimate of drug-likeness (QED) is 0.384. The zero-order chi connectivity index (χ0) is 25.0. The van der Waals surface area contributed by atoms with Gasteiger partial charge in [0.25, 0.3) is 5.92 Å². The number of ether oxygens (including phenoxy) is 1. The van der Waals surface area contributed by atoms with Crippen molar-refractivity contribution in [3.63, 3.8) is 0 Å². The van der Waals surface area contributed by atoms with Gasteiger partial charge in [0.15, 0.2) is 0 Å². The van der Waals surface area contributed by atoms with Crippen LogP contribution in [0.15, 0.2) is 30.5 Å². The first-order chi connectivity index (χ1) is 16.6. The Morgan fingerprint density at radius 2 is 1.91 bits per heavy atom. The van der Waals surface area contributed by atoms with Crippen LogP contribution in [0.25, 0.3) is 5.69 Å². The Hall–Kier alpha value is -1.55. The highest BCUT2D eigenvalue weighted by Crippen LogP contribution is 2.52. The fourth-order valence-corrected chi connectivity index (χ4v) is 6.84. The molecule has 0 unspecified atom stereocenters. The highest BCUT2D eigenvalue weighted by atomic mass is 35.5. The summed E-state index contributed by atoms with van der Waals surface area (Å²) < 4.78 is 36.9. The second kappa shape index (κ2) is 9.39. The van der Waals surface area contributed by atoms with Crippen molar-refractivity contribution in [2.75, 3.05) is 33.8 Å². The first-order valence-corrected chi connectivity index (χ1v) is 13.2. The van der Waals surface area contributed by atoms with Gasteiger partial charge in [0.2, 0.25) is 0 Å². The lowest BCUT2D eigenvalue weighted by atomic mass is 9.84. The molecule has 188 valence electrons. The second-order valence-electron chi connectivity index (χ2n) is 9.73. The molecule has 3 aromatic rings. The number of rotatable bonds is 5. The fraction of sp³-hybridized carbons (Fsp3) is 0.480. The van der Waals surface area contributed by atoms with Crippen molar-refractivity contribution in [3.05, 3.63) is 67.1 Å². The number of hydrogen-bond acceptors (Lipinski definition) is 5. The Morgan fingerprint density at radius 3 is 2.63 bits per heavy atom. The number of benzene rings is 1. The lowest BCUT2D eigenvalue weighted by Crippen LogP contribution is -2.48. The van der Waals surface area contributed by atoms with Crippen LogP contribution in [-0.2, 0) is 29.3 Å². The van der Waals surface area contributed by atoms with Gasteiger partial charge in [-0.25, -0.2) is 4.68 Å². The van der Waals surface area contributed by atoms with E-state index in [0.717, 1.165) is 48.7 Å². The third-order valence-corrected chi connectivity index (χ3v) is 8.64. The van der Waals surface area contributed by atoms with Crippen molar-refractivity contribution in [3.8, 4) is 5.69 Å². The van der Waals surface area contributed by atoms with Crippen molar-refractivity contribution < 1.29 is 13.5 Å². The average molecular weight is 541 g/mol. The third-order valence-electron chi connectivity index (χ3n) is 6.88. The molecule has 2 aromatic heterocycles. The van der Waals surface area contributed by atoms with Gasteiger partial charge >= 0.3 is 0 Å². The van der Waals surface area contributed by atoms with Gasteiger partial charge in [-0.1, -0.05) is 35.3 Å². The summed E-state index contributed by atoms with van der Waals surface area (Å²) in [5, 5.41) is 5.43. The summed E-state index contributed by atoms with van der Waals surface area (Å²) >= 11 is 13.9. The molecule has 0 radical (unpaired) electrons. The van der Waals surface area contributed by atoms with E-state index >= 15 is 0 Å². The highest BCUT2D eigenvalue weighted by Gasteiger charge is 2.51. The van der Waals surface area contributed by atoms with Crippen molar-refractivity contribution >= 4 is 34.5 Å². The minimum Gasteiger partial charge on any atom is -0.363 e.